The van der Waals surface area contributed by atoms with Crippen molar-refractivity contribution in [3.63, 3.8) is 0 Å². The van der Waals surface area contributed by atoms with Gasteiger partial charge in [-0.3, -0.25) is 0 Å². The number of nitrogens with zero attached hydrogens (tertiary/aromatic N) is 4. The standard InChI is InChI=1S/C70H53FN4/c1-40-19-41(2)24-54(23-40)50-10-15-64-59(34-50)60-35-51(55-25-42(3)20-43(4)26-55)11-16-65(60)74(64)68-32-49(39-73)33-69(70(68)58-14-9-48(38-72)31-63(58)71)75-66-17-12-52(56-27-44(5)21-45(6)28-56)36-61(66)62-37-53(13-18-67(62)75)57-29-46(7)22-47(8)30-57/h9-37H,1-8H3. The van der Waals surface area contributed by atoms with E-state index in [-0.39, 0.29) is 5.56 Å². The Hall–Kier alpha value is -9.29. The van der Waals surface area contributed by atoms with Crippen LogP contribution in [0, 0.1) is 83.9 Å². The minimum absolute atomic E-state index is 0.220. The molecule has 12 rings (SSSR count). The molecule has 0 saturated carbocycles. The molecule has 0 fully saturated rings. The second-order valence-electron chi connectivity index (χ2n) is 20.9. The van der Waals surface area contributed by atoms with Crippen LogP contribution < -0.4 is 0 Å². The van der Waals surface area contributed by atoms with Crippen molar-refractivity contribution in [3.05, 3.63) is 237 Å². The first kappa shape index (κ1) is 46.8. The first-order chi connectivity index (χ1) is 36.2. The molecule has 0 atom stereocenters. The van der Waals surface area contributed by atoms with Crippen LogP contribution in [0.5, 0.6) is 0 Å². The summed E-state index contributed by atoms with van der Waals surface area (Å²) in [4.78, 5) is 0. The second kappa shape index (κ2) is 18.0. The van der Waals surface area contributed by atoms with Gasteiger partial charge in [0.25, 0.3) is 0 Å². The number of halogens is 1. The van der Waals surface area contributed by atoms with E-state index < -0.39 is 5.82 Å². The Kier molecular flexibility index (Phi) is 11.2. The molecule has 5 heteroatoms. The largest absolute Gasteiger partial charge is 0.308 e. The van der Waals surface area contributed by atoms with E-state index in [1.165, 1.54) is 50.6 Å². The lowest BCUT2D eigenvalue weighted by molar-refractivity contribution is 0.630. The van der Waals surface area contributed by atoms with Crippen molar-refractivity contribution in [1.29, 1.82) is 10.5 Å². The van der Waals surface area contributed by atoms with Crippen molar-refractivity contribution >= 4 is 43.6 Å². The summed E-state index contributed by atoms with van der Waals surface area (Å²) < 4.78 is 21.8. The minimum atomic E-state index is -0.536. The fraction of sp³-hybridized carbons (Fsp3) is 0.114. The Morgan fingerprint density at radius 1 is 0.307 bits per heavy atom. The van der Waals surface area contributed by atoms with E-state index in [0.717, 1.165) is 88.1 Å². The summed E-state index contributed by atoms with van der Waals surface area (Å²) in [6.07, 6.45) is 0. The molecule has 4 nitrogen and oxygen atoms in total. The van der Waals surface area contributed by atoms with Crippen LogP contribution in [0.3, 0.4) is 0 Å². The van der Waals surface area contributed by atoms with Crippen molar-refractivity contribution in [2.45, 2.75) is 55.4 Å². The topological polar surface area (TPSA) is 57.4 Å². The maximum atomic E-state index is 17.4. The second-order valence-corrected chi connectivity index (χ2v) is 20.9. The molecule has 2 aromatic heterocycles. The highest BCUT2D eigenvalue weighted by atomic mass is 19.1. The summed E-state index contributed by atoms with van der Waals surface area (Å²) in [6.45, 7) is 17.0. The van der Waals surface area contributed by atoms with Crippen LogP contribution in [0.25, 0.3) is 111 Å². The quantitative estimate of drug-likeness (QED) is 0.160. The molecule has 0 aliphatic heterocycles. The van der Waals surface area contributed by atoms with Gasteiger partial charge in [-0.2, -0.15) is 10.5 Å². The van der Waals surface area contributed by atoms with Gasteiger partial charge in [0.15, 0.2) is 0 Å². The highest BCUT2D eigenvalue weighted by Gasteiger charge is 2.26. The highest BCUT2D eigenvalue weighted by Crippen LogP contribution is 2.46. The molecule has 0 spiro atoms. The van der Waals surface area contributed by atoms with Crippen molar-refractivity contribution < 1.29 is 4.39 Å². The highest BCUT2D eigenvalue weighted by molar-refractivity contribution is 6.14. The maximum Gasteiger partial charge on any atom is 0.132 e. The minimum Gasteiger partial charge on any atom is -0.308 e. The van der Waals surface area contributed by atoms with Gasteiger partial charge in [0.2, 0.25) is 0 Å². The lowest BCUT2D eigenvalue weighted by Gasteiger charge is -2.21. The molecule has 2 heterocycles. The molecule has 0 aliphatic carbocycles. The van der Waals surface area contributed by atoms with E-state index in [1.807, 2.05) is 12.1 Å². The van der Waals surface area contributed by atoms with Crippen LogP contribution in [0.1, 0.15) is 55.6 Å². The van der Waals surface area contributed by atoms with Crippen LogP contribution in [0.2, 0.25) is 0 Å². The monoisotopic (exact) mass is 968 g/mol. The Balaban J connectivity index is 1.21. The summed E-state index contributed by atoms with van der Waals surface area (Å²) in [6, 6.07) is 66.2. The predicted octanol–water partition coefficient (Wildman–Crippen LogP) is 18.6. The Morgan fingerprint density at radius 3 is 0.867 bits per heavy atom. The number of nitriles is 2. The fourth-order valence-electron chi connectivity index (χ4n) is 11.9. The zero-order chi connectivity index (χ0) is 52.0. The summed E-state index contributed by atoms with van der Waals surface area (Å²) in [5.41, 5.74) is 24.8. The third kappa shape index (κ3) is 8.24. The Bertz CT molecular complexity index is 3940. The molecular weight excluding hydrogens is 916 g/mol. The van der Waals surface area contributed by atoms with E-state index in [9.17, 15) is 10.5 Å². The molecule has 12 aromatic rings. The zero-order valence-electron chi connectivity index (χ0n) is 43.4. The zero-order valence-corrected chi connectivity index (χ0v) is 43.4. The first-order valence-corrected chi connectivity index (χ1v) is 25.5. The van der Waals surface area contributed by atoms with Crippen molar-refractivity contribution in [3.8, 4) is 79.1 Å². The first-order valence-electron chi connectivity index (χ1n) is 25.5. The number of rotatable bonds is 7. The molecule has 0 N–H and O–H groups in total. The van der Waals surface area contributed by atoms with E-state index in [2.05, 4.69) is 222 Å². The predicted molar refractivity (Wildman–Crippen MR) is 310 cm³/mol. The number of hydrogen-bond acceptors (Lipinski definition) is 2. The number of hydrogen-bond donors (Lipinski definition) is 0. The smallest absolute Gasteiger partial charge is 0.132 e. The van der Waals surface area contributed by atoms with Crippen molar-refractivity contribution in [2.24, 2.45) is 0 Å². The lowest BCUT2D eigenvalue weighted by atomic mass is 9.96. The molecule has 75 heavy (non-hydrogen) atoms. The number of aryl methyl sites for hydroxylation is 8. The van der Waals surface area contributed by atoms with Gasteiger partial charge >= 0.3 is 0 Å². The van der Waals surface area contributed by atoms with Gasteiger partial charge in [-0.1, -0.05) is 142 Å². The van der Waals surface area contributed by atoms with E-state index in [1.54, 1.807) is 12.1 Å². The van der Waals surface area contributed by atoms with Crippen LogP contribution >= 0.6 is 0 Å². The Morgan fingerprint density at radius 2 is 0.600 bits per heavy atom. The van der Waals surface area contributed by atoms with Crippen LogP contribution in [0.15, 0.2) is 176 Å². The van der Waals surface area contributed by atoms with Gasteiger partial charge in [0, 0.05) is 32.7 Å². The molecule has 0 unspecified atom stereocenters. The summed E-state index contributed by atoms with van der Waals surface area (Å²) in [5.74, 6) is -0.536. The third-order valence-corrected chi connectivity index (χ3v) is 14.8. The molecule has 10 aromatic carbocycles. The van der Waals surface area contributed by atoms with Crippen molar-refractivity contribution in [2.75, 3.05) is 0 Å². The normalized spacial score (nSPS) is 11.5. The molecule has 0 saturated heterocycles. The molecule has 0 radical (unpaired) electrons. The van der Waals surface area contributed by atoms with Crippen LogP contribution in [-0.2, 0) is 0 Å². The third-order valence-electron chi connectivity index (χ3n) is 14.8. The fourth-order valence-corrected chi connectivity index (χ4v) is 11.9. The van der Waals surface area contributed by atoms with E-state index >= 15 is 4.39 Å². The van der Waals surface area contributed by atoms with Gasteiger partial charge in [-0.05, 0) is 179 Å². The van der Waals surface area contributed by atoms with Crippen molar-refractivity contribution in [1.82, 2.24) is 9.13 Å². The summed E-state index contributed by atoms with van der Waals surface area (Å²) in [7, 11) is 0. The molecule has 0 aliphatic rings. The average molecular weight is 969 g/mol. The summed E-state index contributed by atoms with van der Waals surface area (Å²) in [5, 5.41) is 25.3. The SMILES string of the molecule is Cc1cc(C)cc(-c2ccc3c(c2)c2cc(-c4cc(C)cc(C)c4)ccc2n3-c2cc(C#N)cc(-n3c4ccc(-c5cc(C)cc(C)c5)cc4c4cc(-c5cc(C)cc(C)c5)ccc43)c2-c2ccc(C#N)cc2F)c1. The van der Waals surface area contributed by atoms with Gasteiger partial charge in [-0.15, -0.1) is 0 Å². The molecule has 0 amide bonds. The number of benzene rings is 10. The van der Waals surface area contributed by atoms with E-state index in [4.69, 9.17) is 0 Å². The Labute approximate surface area is 437 Å². The van der Waals surface area contributed by atoms with Gasteiger partial charge in [-0.25, -0.2) is 4.39 Å². The lowest BCUT2D eigenvalue weighted by Crippen LogP contribution is -2.06. The van der Waals surface area contributed by atoms with E-state index in [0.29, 0.717) is 28.1 Å². The maximum absolute atomic E-state index is 17.4. The summed E-state index contributed by atoms with van der Waals surface area (Å²) >= 11 is 0. The van der Waals surface area contributed by atoms with Gasteiger partial charge in [0.1, 0.15) is 5.82 Å². The van der Waals surface area contributed by atoms with Crippen LogP contribution in [-0.4, -0.2) is 9.13 Å². The van der Waals surface area contributed by atoms with Gasteiger partial charge < -0.3 is 9.13 Å². The number of aromatic nitrogens is 2. The molecule has 0 bridgehead atoms. The number of fused-ring (bicyclic) bond motifs is 6. The molecular formula is C70H53FN4. The average Bonchev–Trinajstić information content (AvgIpc) is 3.91. The van der Waals surface area contributed by atoms with Gasteiger partial charge in [0.05, 0.1) is 56.7 Å². The molecule has 360 valence electrons. The van der Waals surface area contributed by atoms with Crippen LogP contribution in [0.4, 0.5) is 4.39 Å².